The molecule has 1 aromatic carbocycles. The van der Waals surface area contributed by atoms with Crippen LogP contribution in [0.3, 0.4) is 0 Å². The first-order valence-corrected chi connectivity index (χ1v) is 9.95. The lowest BCUT2D eigenvalue weighted by atomic mass is 9.91. The third-order valence-electron chi connectivity index (χ3n) is 5.04. The maximum Gasteiger partial charge on any atom is 0.417 e. The number of carbonyl (C=O) groups excluding carboxylic acids is 1. The highest BCUT2D eigenvalue weighted by Crippen LogP contribution is 2.38. The van der Waals surface area contributed by atoms with Gasteiger partial charge in [-0.25, -0.2) is 18.3 Å². The summed E-state index contributed by atoms with van der Waals surface area (Å²) in [5.74, 6) is -4.48. The van der Waals surface area contributed by atoms with Gasteiger partial charge in [0, 0.05) is 34.6 Å². The molecule has 0 unspecified atom stereocenters. The molecule has 1 saturated heterocycles. The van der Waals surface area contributed by atoms with Crippen molar-refractivity contribution >= 4 is 27.6 Å². The number of alkyl halides is 5. The van der Waals surface area contributed by atoms with Gasteiger partial charge in [0.25, 0.3) is 17.6 Å². The maximum atomic E-state index is 14.6. The van der Waals surface area contributed by atoms with Crippen molar-refractivity contribution in [2.75, 3.05) is 13.1 Å². The van der Waals surface area contributed by atoms with Crippen LogP contribution in [-0.4, -0.2) is 49.4 Å². The third kappa shape index (κ3) is 4.25. The summed E-state index contributed by atoms with van der Waals surface area (Å²) in [6, 6.07) is 4.36. The minimum atomic E-state index is -4.61. The molecule has 31 heavy (non-hydrogen) atoms. The second-order valence-electron chi connectivity index (χ2n) is 7.43. The van der Waals surface area contributed by atoms with Gasteiger partial charge in [-0.3, -0.25) is 4.79 Å². The van der Waals surface area contributed by atoms with Crippen molar-refractivity contribution in [2.24, 2.45) is 0 Å². The summed E-state index contributed by atoms with van der Waals surface area (Å²) in [7, 11) is 0. The SMILES string of the molecule is Cc1cc([C@@H]2CN(C(=O)c3ccc(C(F)(F)F)c(Br)c3)CC(F)(F)C2)n2ncnc2n1. The Balaban J connectivity index is 1.67. The Hall–Kier alpha value is -2.63. The summed E-state index contributed by atoms with van der Waals surface area (Å²) in [6.07, 6.45) is -3.85. The topological polar surface area (TPSA) is 63.4 Å². The van der Waals surface area contributed by atoms with Gasteiger partial charge >= 0.3 is 6.18 Å². The Morgan fingerprint density at radius 3 is 2.68 bits per heavy atom. The van der Waals surface area contributed by atoms with Gasteiger partial charge in [0.1, 0.15) is 6.33 Å². The molecule has 0 bridgehead atoms. The van der Waals surface area contributed by atoms with Crippen molar-refractivity contribution in [1.82, 2.24) is 24.5 Å². The van der Waals surface area contributed by atoms with Crippen molar-refractivity contribution in [1.29, 1.82) is 0 Å². The molecular weight excluding hydrogens is 489 g/mol. The third-order valence-corrected chi connectivity index (χ3v) is 5.70. The van der Waals surface area contributed by atoms with Gasteiger partial charge in [-0.15, -0.1) is 0 Å². The van der Waals surface area contributed by atoms with Gasteiger partial charge in [0.05, 0.1) is 17.8 Å². The van der Waals surface area contributed by atoms with E-state index >= 15 is 0 Å². The standard InChI is InChI=1S/C19H15BrF5N5O/c1-10-4-15(30-17(28-10)26-9-27-30)12-6-18(21,22)8-29(7-12)16(31)11-2-3-13(14(20)5-11)19(23,24)25/h2-5,9,12H,6-8H2,1H3/t12-/m0/s1. The van der Waals surface area contributed by atoms with Crippen LogP contribution in [0.2, 0.25) is 0 Å². The average molecular weight is 504 g/mol. The maximum absolute atomic E-state index is 14.6. The zero-order valence-corrected chi connectivity index (χ0v) is 17.6. The molecule has 0 aliphatic carbocycles. The zero-order valence-electron chi connectivity index (χ0n) is 16.0. The van der Waals surface area contributed by atoms with Crippen LogP contribution in [0.4, 0.5) is 22.0 Å². The van der Waals surface area contributed by atoms with E-state index in [2.05, 4.69) is 31.0 Å². The molecule has 0 saturated carbocycles. The number of likely N-dealkylation sites (tertiary alicyclic amines) is 1. The lowest BCUT2D eigenvalue weighted by Crippen LogP contribution is -2.49. The molecule has 0 radical (unpaired) electrons. The number of amides is 1. The smallest absolute Gasteiger partial charge is 0.332 e. The van der Waals surface area contributed by atoms with E-state index in [0.717, 1.165) is 23.1 Å². The summed E-state index contributed by atoms with van der Waals surface area (Å²) in [6.45, 7) is 0.818. The molecule has 0 N–H and O–H groups in total. The number of rotatable bonds is 2. The highest BCUT2D eigenvalue weighted by molar-refractivity contribution is 9.10. The van der Waals surface area contributed by atoms with Crippen LogP contribution in [-0.2, 0) is 6.18 Å². The summed E-state index contributed by atoms with van der Waals surface area (Å²) < 4.78 is 69.1. The fourth-order valence-electron chi connectivity index (χ4n) is 3.76. The molecule has 6 nitrogen and oxygen atoms in total. The fraction of sp³-hybridized carbons (Fsp3) is 0.368. The minimum Gasteiger partial charge on any atom is -0.332 e. The molecular formula is C19H15BrF5N5O. The first-order valence-electron chi connectivity index (χ1n) is 9.16. The second kappa shape index (κ2) is 7.50. The average Bonchev–Trinajstić information content (AvgIpc) is 3.12. The van der Waals surface area contributed by atoms with E-state index in [-0.39, 0.29) is 22.4 Å². The van der Waals surface area contributed by atoms with E-state index in [4.69, 9.17) is 0 Å². The summed E-state index contributed by atoms with van der Waals surface area (Å²) in [5, 5.41) is 4.04. The Kier molecular flexibility index (Phi) is 5.23. The van der Waals surface area contributed by atoms with Crippen LogP contribution in [0.25, 0.3) is 5.78 Å². The number of nitrogens with zero attached hydrogens (tertiary/aromatic N) is 5. The van der Waals surface area contributed by atoms with E-state index < -0.39 is 42.5 Å². The number of hydrogen-bond donors (Lipinski definition) is 0. The van der Waals surface area contributed by atoms with Crippen molar-refractivity contribution in [2.45, 2.75) is 31.4 Å². The van der Waals surface area contributed by atoms with Gasteiger partial charge in [-0.1, -0.05) is 15.9 Å². The Morgan fingerprint density at radius 2 is 2.00 bits per heavy atom. The van der Waals surface area contributed by atoms with Crippen LogP contribution in [0.1, 0.15) is 39.6 Å². The number of piperidine rings is 1. The highest BCUT2D eigenvalue weighted by atomic mass is 79.9. The zero-order chi connectivity index (χ0) is 22.6. The van der Waals surface area contributed by atoms with Crippen LogP contribution in [0.15, 0.2) is 35.1 Å². The normalized spacial score (nSPS) is 19.1. The Bertz CT molecular complexity index is 1160. The van der Waals surface area contributed by atoms with Gasteiger partial charge in [-0.05, 0) is 31.2 Å². The van der Waals surface area contributed by atoms with Crippen LogP contribution in [0, 0.1) is 6.92 Å². The molecule has 2 aromatic heterocycles. The number of aromatic nitrogens is 4. The monoisotopic (exact) mass is 503 g/mol. The van der Waals surface area contributed by atoms with Gasteiger partial charge in [0.2, 0.25) is 0 Å². The molecule has 1 atom stereocenters. The van der Waals surface area contributed by atoms with E-state index in [1.807, 2.05) is 0 Å². The van der Waals surface area contributed by atoms with Gasteiger partial charge in [0.15, 0.2) is 0 Å². The molecule has 3 heterocycles. The van der Waals surface area contributed by atoms with E-state index in [0.29, 0.717) is 11.4 Å². The molecule has 12 heteroatoms. The fourth-order valence-corrected chi connectivity index (χ4v) is 4.37. The van der Waals surface area contributed by atoms with Crippen LogP contribution >= 0.6 is 15.9 Å². The molecule has 4 rings (SSSR count). The predicted molar refractivity (Wildman–Crippen MR) is 103 cm³/mol. The largest absolute Gasteiger partial charge is 0.417 e. The molecule has 1 amide bonds. The number of hydrogen-bond acceptors (Lipinski definition) is 4. The lowest BCUT2D eigenvalue weighted by molar-refractivity contribution is -0.138. The van der Waals surface area contributed by atoms with Crippen LogP contribution in [0.5, 0.6) is 0 Å². The Labute approximate surface area is 181 Å². The molecule has 1 aliphatic rings. The van der Waals surface area contributed by atoms with Crippen molar-refractivity contribution in [3.63, 3.8) is 0 Å². The molecule has 164 valence electrons. The Morgan fingerprint density at radius 1 is 1.26 bits per heavy atom. The molecule has 1 fully saturated rings. The molecule has 0 spiro atoms. The quantitative estimate of drug-likeness (QED) is 0.483. The summed E-state index contributed by atoms with van der Waals surface area (Å²) in [4.78, 5) is 22.0. The number of halogens is 6. The van der Waals surface area contributed by atoms with E-state index in [9.17, 15) is 26.7 Å². The minimum absolute atomic E-state index is 0.0501. The van der Waals surface area contributed by atoms with Crippen LogP contribution < -0.4 is 0 Å². The number of carbonyl (C=O) groups is 1. The first-order chi connectivity index (χ1) is 14.4. The lowest BCUT2D eigenvalue weighted by Gasteiger charge is -2.37. The summed E-state index contributed by atoms with van der Waals surface area (Å²) in [5.41, 5.74) is -0.0698. The second-order valence-corrected chi connectivity index (χ2v) is 8.28. The van der Waals surface area contributed by atoms with Crippen molar-refractivity contribution < 1.29 is 26.7 Å². The number of aryl methyl sites for hydroxylation is 1. The number of fused-ring (bicyclic) bond motifs is 1. The van der Waals surface area contributed by atoms with E-state index in [1.54, 1.807) is 13.0 Å². The highest BCUT2D eigenvalue weighted by Gasteiger charge is 2.44. The van der Waals surface area contributed by atoms with Gasteiger partial charge < -0.3 is 4.90 Å². The molecule has 1 aliphatic heterocycles. The number of benzene rings is 1. The first kappa shape index (κ1) is 21.6. The summed E-state index contributed by atoms with van der Waals surface area (Å²) >= 11 is 2.81. The van der Waals surface area contributed by atoms with Crippen molar-refractivity contribution in [3.8, 4) is 0 Å². The predicted octanol–water partition coefficient (Wildman–Crippen LogP) is 4.48. The van der Waals surface area contributed by atoms with Gasteiger partial charge in [-0.2, -0.15) is 23.3 Å². The molecule has 3 aromatic rings. The van der Waals surface area contributed by atoms with Crippen molar-refractivity contribution in [3.05, 3.63) is 57.6 Å². The van der Waals surface area contributed by atoms with E-state index in [1.165, 1.54) is 10.8 Å².